The number of hydrogen-bond acceptors (Lipinski definition) is 4. The Labute approximate surface area is 201 Å². The van der Waals surface area contributed by atoms with Crippen LogP contribution in [0.5, 0.6) is 0 Å². The summed E-state index contributed by atoms with van der Waals surface area (Å²) in [6.45, 7) is 0.485. The second-order valence-electron chi connectivity index (χ2n) is 8.88. The molecule has 3 heterocycles. The zero-order valence-corrected chi connectivity index (χ0v) is 18.9. The Balaban J connectivity index is 1.69. The van der Waals surface area contributed by atoms with Crippen LogP contribution in [0.1, 0.15) is 18.4 Å². The monoisotopic (exact) mass is 504 g/mol. The Hall–Kier alpha value is -3.60. The van der Waals surface area contributed by atoms with E-state index in [1.54, 1.807) is 35.4 Å². The van der Waals surface area contributed by atoms with Crippen LogP contribution in [0.25, 0.3) is 27.4 Å². The molecule has 2 aromatic carbocycles. The first-order valence-corrected chi connectivity index (χ1v) is 11.4. The van der Waals surface area contributed by atoms with Gasteiger partial charge in [0.2, 0.25) is 0 Å². The van der Waals surface area contributed by atoms with Gasteiger partial charge in [-0.25, -0.2) is 18.1 Å². The summed E-state index contributed by atoms with van der Waals surface area (Å²) in [7, 11) is 0. The van der Waals surface area contributed by atoms with Gasteiger partial charge in [-0.1, -0.05) is 24.3 Å². The molecule has 0 spiro atoms. The van der Waals surface area contributed by atoms with Gasteiger partial charge in [0.1, 0.15) is 0 Å². The van der Waals surface area contributed by atoms with E-state index < -0.39 is 28.9 Å². The van der Waals surface area contributed by atoms with Crippen molar-refractivity contribution in [2.45, 2.75) is 31.5 Å². The van der Waals surface area contributed by atoms with Crippen LogP contribution in [0.15, 0.2) is 64.4 Å². The summed E-state index contributed by atoms with van der Waals surface area (Å²) in [6.07, 6.45) is -2.43. The molecule has 0 bridgehead atoms. The molecule has 0 radical (unpaired) electrons. The van der Waals surface area contributed by atoms with Crippen LogP contribution in [0.3, 0.4) is 0 Å². The van der Waals surface area contributed by atoms with Crippen molar-refractivity contribution in [1.82, 2.24) is 19.0 Å². The Bertz CT molecular complexity index is 1560. The van der Waals surface area contributed by atoms with Gasteiger partial charge < -0.3 is 4.90 Å². The van der Waals surface area contributed by atoms with Gasteiger partial charge >= 0.3 is 11.9 Å². The normalized spacial score (nSPS) is 16.6. The minimum atomic E-state index is -4.69. The number of benzene rings is 2. The number of aromatic nitrogens is 3. The first-order valence-electron chi connectivity index (χ1n) is 11.4. The maximum atomic E-state index is 13.6. The van der Waals surface area contributed by atoms with Crippen molar-refractivity contribution >= 4 is 21.7 Å². The molecule has 11 heteroatoms. The number of alkyl halides is 5. The van der Waals surface area contributed by atoms with E-state index in [-0.39, 0.29) is 55.6 Å². The van der Waals surface area contributed by atoms with Gasteiger partial charge in [-0.3, -0.25) is 14.3 Å². The smallest absolute Gasteiger partial charge is 0.301 e. The van der Waals surface area contributed by atoms with Crippen molar-refractivity contribution < 1.29 is 22.0 Å². The van der Waals surface area contributed by atoms with Crippen LogP contribution in [0.2, 0.25) is 0 Å². The van der Waals surface area contributed by atoms with Gasteiger partial charge in [-0.2, -0.15) is 13.2 Å². The Morgan fingerprint density at radius 2 is 1.64 bits per heavy atom. The summed E-state index contributed by atoms with van der Waals surface area (Å²) in [5.41, 5.74) is -2.46. The second-order valence-corrected chi connectivity index (χ2v) is 8.88. The number of nitrogens with zero attached hydrogens (tertiary/aromatic N) is 4. The molecule has 0 N–H and O–H groups in total. The molecule has 0 unspecified atom stereocenters. The van der Waals surface area contributed by atoms with Crippen molar-refractivity contribution in [2.24, 2.45) is 0 Å². The molecule has 36 heavy (non-hydrogen) atoms. The average molecular weight is 504 g/mol. The van der Waals surface area contributed by atoms with Crippen LogP contribution in [0, 0.1) is 0 Å². The van der Waals surface area contributed by atoms with Gasteiger partial charge in [0.05, 0.1) is 28.4 Å². The molecule has 188 valence electrons. The Morgan fingerprint density at radius 1 is 0.917 bits per heavy atom. The zero-order valence-electron chi connectivity index (χ0n) is 18.9. The third-order valence-electron chi connectivity index (χ3n) is 6.59. The summed E-state index contributed by atoms with van der Waals surface area (Å²) in [4.78, 5) is 33.0. The van der Waals surface area contributed by atoms with Crippen LogP contribution in [0.4, 0.5) is 22.0 Å². The van der Waals surface area contributed by atoms with Crippen molar-refractivity contribution in [3.63, 3.8) is 0 Å². The SMILES string of the molecule is O=c1c2cc(C(F)(F)F)ccc2n(CCN2CCC(F)(F)CC2)c(=O)n1-c1cncc2ccccc12. The minimum absolute atomic E-state index is 0.00471. The number of piperidine rings is 1. The number of fused-ring (bicyclic) bond motifs is 2. The maximum absolute atomic E-state index is 13.6. The highest BCUT2D eigenvalue weighted by Gasteiger charge is 2.34. The van der Waals surface area contributed by atoms with E-state index in [1.165, 1.54) is 10.8 Å². The Kier molecular flexibility index (Phi) is 5.90. The molecule has 4 aromatic rings. The van der Waals surface area contributed by atoms with Crippen molar-refractivity contribution in [3.05, 3.63) is 81.3 Å². The van der Waals surface area contributed by atoms with E-state index >= 15 is 0 Å². The number of likely N-dealkylation sites (tertiary alicyclic amines) is 1. The number of pyridine rings is 1. The summed E-state index contributed by atoms with van der Waals surface area (Å²) in [5.74, 6) is -2.73. The molecule has 5 rings (SSSR count). The largest absolute Gasteiger partial charge is 0.416 e. The number of rotatable bonds is 4. The topological polar surface area (TPSA) is 60.1 Å². The first kappa shape index (κ1) is 24.1. The zero-order chi connectivity index (χ0) is 25.7. The van der Waals surface area contributed by atoms with Crippen molar-refractivity contribution in [1.29, 1.82) is 0 Å². The molecule has 6 nitrogen and oxygen atoms in total. The van der Waals surface area contributed by atoms with Gasteiger partial charge in [-0.15, -0.1) is 0 Å². The fourth-order valence-corrected chi connectivity index (χ4v) is 4.60. The summed E-state index contributed by atoms with van der Waals surface area (Å²) in [6, 6.07) is 9.57. The molecular formula is C25H21F5N4O2. The van der Waals surface area contributed by atoms with Gasteiger partial charge in [-0.05, 0) is 18.2 Å². The number of halogens is 5. The van der Waals surface area contributed by atoms with E-state index in [0.717, 1.165) is 22.8 Å². The summed E-state index contributed by atoms with van der Waals surface area (Å²) in [5, 5.41) is 0.900. The standard InChI is InChI=1S/C25H21F5N4O2/c26-24(27)7-9-32(10-8-24)11-12-33-20-6-5-17(25(28,29)30)13-19(20)22(35)34(23(33)36)21-15-31-14-16-3-1-2-4-18(16)21/h1-6,13-15H,7-12H2. The van der Waals surface area contributed by atoms with E-state index in [1.807, 2.05) is 0 Å². The fraction of sp³-hybridized carbons (Fsp3) is 0.320. The second kappa shape index (κ2) is 8.81. The molecule has 0 amide bonds. The van der Waals surface area contributed by atoms with E-state index in [2.05, 4.69) is 4.98 Å². The van der Waals surface area contributed by atoms with Crippen LogP contribution in [-0.2, 0) is 12.7 Å². The Morgan fingerprint density at radius 3 is 2.36 bits per heavy atom. The van der Waals surface area contributed by atoms with E-state index in [9.17, 15) is 31.5 Å². The lowest BCUT2D eigenvalue weighted by molar-refractivity contribution is -0.137. The molecule has 0 saturated carbocycles. The lowest BCUT2D eigenvalue weighted by Gasteiger charge is -2.31. The van der Waals surface area contributed by atoms with Crippen molar-refractivity contribution in [3.8, 4) is 5.69 Å². The molecule has 0 aliphatic carbocycles. The summed E-state index contributed by atoms with van der Waals surface area (Å²) < 4.78 is 69.5. The third-order valence-corrected chi connectivity index (χ3v) is 6.59. The van der Waals surface area contributed by atoms with E-state index in [4.69, 9.17) is 0 Å². The van der Waals surface area contributed by atoms with Gasteiger partial charge in [0.15, 0.2) is 0 Å². The lowest BCUT2D eigenvalue weighted by Crippen LogP contribution is -2.44. The highest BCUT2D eigenvalue weighted by Crippen LogP contribution is 2.31. The number of hydrogen-bond donors (Lipinski definition) is 0. The van der Waals surface area contributed by atoms with Crippen molar-refractivity contribution in [2.75, 3.05) is 19.6 Å². The van der Waals surface area contributed by atoms with Crippen LogP contribution < -0.4 is 11.2 Å². The van der Waals surface area contributed by atoms with Crippen LogP contribution in [-0.4, -0.2) is 44.6 Å². The van der Waals surface area contributed by atoms with Gasteiger partial charge in [0, 0.05) is 56.0 Å². The molecule has 1 fully saturated rings. The highest BCUT2D eigenvalue weighted by molar-refractivity contribution is 5.89. The maximum Gasteiger partial charge on any atom is 0.416 e. The predicted molar refractivity (Wildman–Crippen MR) is 125 cm³/mol. The minimum Gasteiger partial charge on any atom is -0.301 e. The average Bonchev–Trinajstić information content (AvgIpc) is 2.84. The molecular weight excluding hydrogens is 483 g/mol. The quantitative estimate of drug-likeness (QED) is 0.386. The molecule has 2 aromatic heterocycles. The van der Waals surface area contributed by atoms with E-state index in [0.29, 0.717) is 10.8 Å². The third kappa shape index (κ3) is 4.39. The molecule has 1 saturated heterocycles. The summed E-state index contributed by atoms with van der Waals surface area (Å²) >= 11 is 0. The van der Waals surface area contributed by atoms with Gasteiger partial charge in [0.25, 0.3) is 11.5 Å². The predicted octanol–water partition coefficient (Wildman–Crippen LogP) is 4.45. The highest BCUT2D eigenvalue weighted by atomic mass is 19.4. The lowest BCUT2D eigenvalue weighted by atomic mass is 10.1. The first-order chi connectivity index (χ1) is 17.0. The molecule has 1 aliphatic heterocycles. The molecule has 1 aliphatic rings. The molecule has 0 atom stereocenters. The fourth-order valence-electron chi connectivity index (χ4n) is 4.60. The van der Waals surface area contributed by atoms with Crippen LogP contribution >= 0.6 is 0 Å².